The highest BCUT2D eigenvalue weighted by Crippen LogP contribution is 2.48. The molecule has 12 heteroatoms. The summed E-state index contributed by atoms with van der Waals surface area (Å²) in [4.78, 5) is 36.6. The van der Waals surface area contributed by atoms with Gasteiger partial charge in [-0.2, -0.15) is 0 Å². The maximum Gasteiger partial charge on any atom is 0.341 e. The molecule has 0 saturated heterocycles. The van der Waals surface area contributed by atoms with Crippen molar-refractivity contribution in [2.75, 3.05) is 13.7 Å². The van der Waals surface area contributed by atoms with E-state index in [0.717, 1.165) is 18.2 Å². The van der Waals surface area contributed by atoms with Gasteiger partial charge in [0, 0.05) is 23.1 Å². The first-order chi connectivity index (χ1) is 18.6. The molecule has 39 heavy (non-hydrogen) atoms. The van der Waals surface area contributed by atoms with Gasteiger partial charge in [-0.1, -0.05) is 6.07 Å². The molecule has 0 amide bonds. The first kappa shape index (κ1) is 25.3. The molecule has 200 valence electrons. The third kappa shape index (κ3) is 4.37. The smallest absolute Gasteiger partial charge is 0.341 e. The van der Waals surface area contributed by atoms with Crippen LogP contribution in [0.4, 0.5) is 0 Å². The quantitative estimate of drug-likeness (QED) is 0.137. The zero-order valence-corrected chi connectivity index (χ0v) is 20.1. The van der Waals surface area contributed by atoms with Crippen molar-refractivity contribution in [2.45, 2.75) is 12.3 Å². The number of benzene rings is 3. The third-order valence-electron chi connectivity index (χ3n) is 6.24. The number of carboxylic acids is 1. The molecule has 0 aliphatic carbocycles. The van der Waals surface area contributed by atoms with Gasteiger partial charge in [0.2, 0.25) is 11.2 Å². The number of hydrogen-bond acceptors (Lipinski definition) is 11. The Bertz CT molecular complexity index is 1720. The average molecular weight is 536 g/mol. The minimum Gasteiger partial charge on any atom is -0.507 e. The normalized spacial score (nSPS) is 14.5. The standard InChI is InChI=1S/C27H20O12/c1-36-18-7-11(3-5-17(18)37-10-20(31)32)13-8-21(33)38-19-9-16(30)23-24(34)25(35)26(39-27(23)22(13)19)12-2-4-14(28)15(29)6-12/h2-7,9,13,28-30,35H,8,10H2,1H3,(H,31,32). The van der Waals surface area contributed by atoms with Crippen molar-refractivity contribution in [2.24, 2.45) is 0 Å². The van der Waals surface area contributed by atoms with E-state index in [2.05, 4.69) is 0 Å². The SMILES string of the molecule is COc1cc(C2CC(=O)Oc3cc(O)c4c(=O)c(O)c(-c5ccc(O)c(O)c5)oc4c32)ccc1OCC(=O)O. The van der Waals surface area contributed by atoms with Gasteiger partial charge in [-0.25, -0.2) is 4.79 Å². The lowest BCUT2D eigenvalue weighted by molar-refractivity contribution is -0.139. The Morgan fingerprint density at radius 1 is 0.974 bits per heavy atom. The van der Waals surface area contributed by atoms with Crippen molar-refractivity contribution in [1.29, 1.82) is 0 Å². The lowest BCUT2D eigenvalue weighted by Crippen LogP contribution is -2.22. The number of phenolic OH excluding ortho intramolecular Hbond substituents is 3. The van der Waals surface area contributed by atoms with Crippen LogP contribution in [0.25, 0.3) is 22.3 Å². The van der Waals surface area contributed by atoms with E-state index in [-0.39, 0.29) is 51.5 Å². The number of fused-ring (bicyclic) bond motifs is 3. The Balaban J connectivity index is 1.75. The summed E-state index contributed by atoms with van der Waals surface area (Å²) in [6, 6.07) is 9.15. The third-order valence-corrected chi connectivity index (χ3v) is 6.24. The number of rotatable bonds is 6. The highest BCUT2D eigenvalue weighted by Gasteiger charge is 2.35. The van der Waals surface area contributed by atoms with E-state index in [4.69, 9.17) is 23.7 Å². The van der Waals surface area contributed by atoms with E-state index in [1.54, 1.807) is 6.07 Å². The number of phenols is 3. The fourth-order valence-electron chi connectivity index (χ4n) is 4.49. The van der Waals surface area contributed by atoms with Crippen molar-refractivity contribution in [1.82, 2.24) is 0 Å². The Kier molecular flexibility index (Phi) is 6.15. The number of carbonyl (C=O) groups is 2. The molecule has 2 heterocycles. The first-order valence-corrected chi connectivity index (χ1v) is 11.4. The molecule has 12 nitrogen and oxygen atoms in total. The van der Waals surface area contributed by atoms with E-state index >= 15 is 0 Å². The largest absolute Gasteiger partial charge is 0.507 e. The molecule has 1 aliphatic rings. The van der Waals surface area contributed by atoms with Gasteiger partial charge in [-0.05, 0) is 35.9 Å². The van der Waals surface area contributed by atoms with Crippen LogP contribution in [0.2, 0.25) is 0 Å². The van der Waals surface area contributed by atoms with E-state index in [1.165, 1.54) is 25.3 Å². The van der Waals surface area contributed by atoms with Gasteiger partial charge in [0.1, 0.15) is 22.5 Å². The summed E-state index contributed by atoms with van der Waals surface area (Å²) in [6.07, 6.45) is -0.203. The predicted octanol–water partition coefficient (Wildman–Crippen LogP) is 3.20. The number of esters is 1. The Morgan fingerprint density at radius 2 is 1.74 bits per heavy atom. The molecule has 5 N–H and O–H groups in total. The molecule has 0 saturated carbocycles. The van der Waals surface area contributed by atoms with Gasteiger partial charge in [0.15, 0.2) is 35.4 Å². The minimum atomic E-state index is -1.19. The highest BCUT2D eigenvalue weighted by molar-refractivity contribution is 5.94. The highest BCUT2D eigenvalue weighted by atomic mass is 16.5. The van der Waals surface area contributed by atoms with Gasteiger partial charge < -0.3 is 44.2 Å². The predicted molar refractivity (Wildman–Crippen MR) is 133 cm³/mol. The molecule has 1 unspecified atom stereocenters. The van der Waals surface area contributed by atoms with Gasteiger partial charge in [0.05, 0.1) is 13.5 Å². The molecular weight excluding hydrogens is 516 g/mol. The lowest BCUT2D eigenvalue weighted by Gasteiger charge is -2.26. The molecule has 1 aromatic heterocycles. The van der Waals surface area contributed by atoms with Crippen LogP contribution in [0.5, 0.6) is 40.2 Å². The van der Waals surface area contributed by atoms with Crippen molar-refractivity contribution in [3.05, 3.63) is 63.8 Å². The molecule has 0 fully saturated rings. The second kappa shape index (κ2) is 9.49. The summed E-state index contributed by atoms with van der Waals surface area (Å²) in [5.74, 6) is -5.16. The van der Waals surface area contributed by atoms with Gasteiger partial charge in [-0.15, -0.1) is 0 Å². The second-order valence-electron chi connectivity index (χ2n) is 8.65. The number of ether oxygens (including phenoxy) is 3. The van der Waals surface area contributed by atoms with Crippen LogP contribution in [-0.2, 0) is 9.59 Å². The van der Waals surface area contributed by atoms with Gasteiger partial charge in [-0.3, -0.25) is 9.59 Å². The zero-order valence-electron chi connectivity index (χ0n) is 20.1. The van der Waals surface area contributed by atoms with Crippen LogP contribution in [0.3, 0.4) is 0 Å². The summed E-state index contributed by atoms with van der Waals surface area (Å²) in [5, 5.41) is 49.4. The second-order valence-corrected chi connectivity index (χ2v) is 8.65. The molecule has 1 atom stereocenters. The Labute approximate surface area is 218 Å². The van der Waals surface area contributed by atoms with Crippen LogP contribution in [0, 0.1) is 0 Å². The molecule has 3 aromatic carbocycles. The van der Waals surface area contributed by atoms with Crippen molar-refractivity contribution >= 4 is 22.9 Å². The van der Waals surface area contributed by atoms with Crippen LogP contribution in [-0.4, -0.2) is 51.2 Å². The Morgan fingerprint density at radius 3 is 2.44 bits per heavy atom. The number of carboxylic acid groups (broad SMARTS) is 1. The maximum atomic E-state index is 13.2. The topological polar surface area (TPSA) is 193 Å². The van der Waals surface area contributed by atoms with Crippen molar-refractivity contribution < 1.29 is 53.7 Å². The lowest BCUT2D eigenvalue weighted by atomic mass is 9.85. The van der Waals surface area contributed by atoms with Gasteiger partial charge >= 0.3 is 11.9 Å². The summed E-state index contributed by atoms with van der Waals surface area (Å²) in [7, 11) is 1.35. The average Bonchev–Trinajstić information content (AvgIpc) is 2.90. The van der Waals surface area contributed by atoms with Crippen LogP contribution in [0.1, 0.15) is 23.5 Å². The van der Waals surface area contributed by atoms with Gasteiger partial charge in [0.25, 0.3) is 0 Å². The minimum absolute atomic E-state index is 0.0462. The van der Waals surface area contributed by atoms with E-state index in [0.29, 0.717) is 5.56 Å². The number of carbonyl (C=O) groups excluding carboxylic acids is 1. The fraction of sp³-hybridized carbons (Fsp3) is 0.148. The molecule has 1 aliphatic heterocycles. The molecule has 0 bridgehead atoms. The number of methoxy groups -OCH3 is 1. The number of hydrogen-bond donors (Lipinski definition) is 5. The molecular formula is C27H20O12. The monoisotopic (exact) mass is 536 g/mol. The summed E-state index contributed by atoms with van der Waals surface area (Å²) < 4.78 is 21.9. The summed E-state index contributed by atoms with van der Waals surface area (Å²) in [6.45, 7) is -0.609. The molecule has 0 spiro atoms. The van der Waals surface area contributed by atoms with E-state index in [1.807, 2.05) is 0 Å². The van der Waals surface area contributed by atoms with Crippen LogP contribution >= 0.6 is 0 Å². The Hall–Kier alpha value is -5.39. The van der Waals surface area contributed by atoms with Crippen molar-refractivity contribution in [3.8, 4) is 51.6 Å². The molecule has 5 rings (SSSR count). The number of aromatic hydroxyl groups is 4. The van der Waals surface area contributed by atoms with Crippen LogP contribution < -0.4 is 19.6 Å². The fourth-order valence-corrected chi connectivity index (χ4v) is 4.49. The molecule has 4 aromatic rings. The maximum absolute atomic E-state index is 13.2. The molecule has 0 radical (unpaired) electrons. The van der Waals surface area contributed by atoms with Crippen molar-refractivity contribution in [3.63, 3.8) is 0 Å². The van der Waals surface area contributed by atoms with E-state index < -0.39 is 52.9 Å². The number of aliphatic carboxylic acids is 1. The zero-order chi connectivity index (χ0) is 28.0. The summed E-state index contributed by atoms with van der Waals surface area (Å²) in [5.41, 5.74) is -0.420. The van der Waals surface area contributed by atoms with E-state index in [9.17, 15) is 34.8 Å². The van der Waals surface area contributed by atoms with Crippen LogP contribution in [0.15, 0.2) is 51.7 Å². The first-order valence-electron chi connectivity index (χ1n) is 11.4. The summed E-state index contributed by atoms with van der Waals surface area (Å²) >= 11 is 0.